The number of nitrogens with zero attached hydrogens (tertiary/aromatic N) is 2. The van der Waals surface area contributed by atoms with Crippen molar-refractivity contribution in [2.75, 3.05) is 27.2 Å². The van der Waals surface area contributed by atoms with E-state index in [1.54, 1.807) is 14.1 Å². The molecule has 0 aromatic heterocycles. The Morgan fingerprint density at radius 1 is 1.31 bits per heavy atom. The van der Waals surface area contributed by atoms with E-state index in [9.17, 15) is 8.42 Å². The summed E-state index contributed by atoms with van der Waals surface area (Å²) < 4.78 is 25.9. The molecule has 2 N–H and O–H groups in total. The second kappa shape index (κ2) is 3.91. The van der Waals surface area contributed by atoms with Crippen LogP contribution >= 0.6 is 0 Å². The second-order valence-electron chi connectivity index (χ2n) is 3.53. The van der Waals surface area contributed by atoms with Gasteiger partial charge in [0, 0.05) is 33.2 Å². The molecule has 0 unspecified atom stereocenters. The molecular weight excluding hydrogens is 190 g/mol. The van der Waals surface area contributed by atoms with E-state index in [4.69, 9.17) is 5.73 Å². The lowest BCUT2D eigenvalue weighted by molar-refractivity contribution is 0.303. The maximum Gasteiger partial charge on any atom is 0.281 e. The minimum absolute atomic E-state index is 0.161. The topological polar surface area (TPSA) is 66.6 Å². The second-order valence-corrected chi connectivity index (χ2v) is 5.67. The Hall–Kier alpha value is -0.170. The third-order valence-corrected chi connectivity index (χ3v) is 4.23. The van der Waals surface area contributed by atoms with Crippen LogP contribution in [0.2, 0.25) is 0 Å². The molecule has 0 aliphatic carbocycles. The molecular formula is C7H17N3O2S. The van der Waals surface area contributed by atoms with E-state index in [1.807, 2.05) is 0 Å². The molecule has 0 amide bonds. The molecule has 6 heteroatoms. The molecule has 1 aliphatic heterocycles. The molecule has 1 aliphatic rings. The first-order chi connectivity index (χ1) is 5.94. The summed E-state index contributed by atoms with van der Waals surface area (Å²) in [5.74, 6) is 0. The van der Waals surface area contributed by atoms with Gasteiger partial charge in [-0.1, -0.05) is 0 Å². The first-order valence-electron chi connectivity index (χ1n) is 4.38. The van der Waals surface area contributed by atoms with E-state index in [1.165, 1.54) is 8.61 Å². The van der Waals surface area contributed by atoms with Crippen LogP contribution < -0.4 is 5.73 Å². The molecule has 0 aromatic carbocycles. The van der Waals surface area contributed by atoms with E-state index in [-0.39, 0.29) is 6.04 Å². The lowest BCUT2D eigenvalue weighted by Crippen LogP contribution is -2.47. The zero-order chi connectivity index (χ0) is 10.1. The maximum absolute atomic E-state index is 11.6. The molecule has 0 atom stereocenters. The SMILES string of the molecule is CN(C)S(=O)(=O)N1CCC(N)CC1. The van der Waals surface area contributed by atoms with Crippen molar-refractivity contribution in [3.05, 3.63) is 0 Å². The summed E-state index contributed by atoms with van der Waals surface area (Å²) in [6, 6.07) is 0.161. The molecule has 0 aromatic rings. The van der Waals surface area contributed by atoms with E-state index >= 15 is 0 Å². The number of hydrogen-bond acceptors (Lipinski definition) is 3. The Morgan fingerprint density at radius 2 is 1.77 bits per heavy atom. The van der Waals surface area contributed by atoms with Crippen LogP contribution in [0.1, 0.15) is 12.8 Å². The van der Waals surface area contributed by atoms with E-state index in [0.717, 1.165) is 12.8 Å². The van der Waals surface area contributed by atoms with Crippen molar-refractivity contribution in [1.82, 2.24) is 8.61 Å². The molecule has 0 spiro atoms. The van der Waals surface area contributed by atoms with Crippen molar-refractivity contribution >= 4 is 10.2 Å². The first-order valence-corrected chi connectivity index (χ1v) is 5.77. The third-order valence-electron chi connectivity index (χ3n) is 2.29. The van der Waals surface area contributed by atoms with E-state index in [2.05, 4.69) is 0 Å². The van der Waals surface area contributed by atoms with Gasteiger partial charge in [-0.25, -0.2) is 0 Å². The number of rotatable bonds is 2. The Balaban J connectivity index is 2.64. The quantitative estimate of drug-likeness (QED) is 0.645. The van der Waals surface area contributed by atoms with Crippen molar-refractivity contribution in [3.63, 3.8) is 0 Å². The predicted molar refractivity (Wildman–Crippen MR) is 51.4 cm³/mol. The van der Waals surface area contributed by atoms with Gasteiger partial charge in [0.15, 0.2) is 0 Å². The fourth-order valence-corrected chi connectivity index (χ4v) is 2.47. The van der Waals surface area contributed by atoms with Crippen LogP contribution in [0.3, 0.4) is 0 Å². The summed E-state index contributed by atoms with van der Waals surface area (Å²) in [6.07, 6.45) is 1.51. The van der Waals surface area contributed by atoms with Gasteiger partial charge in [-0.05, 0) is 12.8 Å². The van der Waals surface area contributed by atoms with Gasteiger partial charge >= 0.3 is 0 Å². The molecule has 1 rings (SSSR count). The van der Waals surface area contributed by atoms with Gasteiger partial charge in [0.2, 0.25) is 0 Å². The van der Waals surface area contributed by atoms with Crippen molar-refractivity contribution in [2.45, 2.75) is 18.9 Å². The van der Waals surface area contributed by atoms with Gasteiger partial charge in [-0.2, -0.15) is 17.0 Å². The van der Waals surface area contributed by atoms with Gasteiger partial charge in [0.05, 0.1) is 0 Å². The molecule has 13 heavy (non-hydrogen) atoms. The molecule has 1 heterocycles. The largest absolute Gasteiger partial charge is 0.328 e. The molecule has 0 radical (unpaired) electrons. The van der Waals surface area contributed by atoms with Crippen LogP contribution in [-0.2, 0) is 10.2 Å². The van der Waals surface area contributed by atoms with Crippen LogP contribution in [0, 0.1) is 0 Å². The molecule has 78 valence electrons. The minimum atomic E-state index is -3.21. The fraction of sp³-hybridized carbons (Fsp3) is 1.00. The van der Waals surface area contributed by atoms with Gasteiger partial charge < -0.3 is 5.73 Å². The summed E-state index contributed by atoms with van der Waals surface area (Å²) in [7, 11) is -0.121. The van der Waals surface area contributed by atoms with Crippen molar-refractivity contribution in [2.24, 2.45) is 5.73 Å². The first kappa shape index (κ1) is 10.9. The maximum atomic E-state index is 11.6. The van der Waals surface area contributed by atoms with Crippen molar-refractivity contribution < 1.29 is 8.42 Å². The van der Waals surface area contributed by atoms with Crippen LogP contribution in [0.15, 0.2) is 0 Å². The molecule has 5 nitrogen and oxygen atoms in total. The summed E-state index contributed by atoms with van der Waals surface area (Å²) in [5, 5.41) is 0. The van der Waals surface area contributed by atoms with Gasteiger partial charge in [0.1, 0.15) is 0 Å². The average molecular weight is 207 g/mol. The Morgan fingerprint density at radius 3 is 2.15 bits per heavy atom. The van der Waals surface area contributed by atoms with Crippen LogP contribution in [0.25, 0.3) is 0 Å². The lowest BCUT2D eigenvalue weighted by atomic mass is 10.1. The molecule has 0 bridgehead atoms. The minimum Gasteiger partial charge on any atom is -0.328 e. The van der Waals surface area contributed by atoms with Crippen LogP contribution in [-0.4, -0.2) is 50.3 Å². The molecule has 1 saturated heterocycles. The van der Waals surface area contributed by atoms with Crippen LogP contribution in [0.4, 0.5) is 0 Å². The van der Waals surface area contributed by atoms with E-state index in [0.29, 0.717) is 13.1 Å². The number of piperidine rings is 1. The van der Waals surface area contributed by atoms with Crippen molar-refractivity contribution in [3.8, 4) is 0 Å². The number of nitrogens with two attached hydrogens (primary N) is 1. The smallest absolute Gasteiger partial charge is 0.281 e. The van der Waals surface area contributed by atoms with Gasteiger partial charge in [-0.15, -0.1) is 0 Å². The van der Waals surface area contributed by atoms with Crippen LogP contribution in [0.5, 0.6) is 0 Å². The normalized spacial score (nSPS) is 22.5. The standard InChI is InChI=1S/C7H17N3O2S/c1-9(2)13(11,12)10-5-3-7(8)4-6-10/h7H,3-6,8H2,1-2H3. The Bertz CT molecular complexity index is 255. The fourth-order valence-electron chi connectivity index (χ4n) is 1.34. The predicted octanol–water partition coefficient (Wildman–Crippen LogP) is -0.784. The summed E-state index contributed by atoms with van der Waals surface area (Å²) >= 11 is 0. The third kappa shape index (κ3) is 2.40. The van der Waals surface area contributed by atoms with Crippen molar-refractivity contribution in [1.29, 1.82) is 0 Å². The zero-order valence-electron chi connectivity index (χ0n) is 8.10. The Labute approximate surface area is 79.7 Å². The summed E-state index contributed by atoms with van der Waals surface area (Å²) in [5.41, 5.74) is 5.68. The highest BCUT2D eigenvalue weighted by atomic mass is 32.2. The Kier molecular flexibility index (Phi) is 3.28. The number of hydrogen-bond donors (Lipinski definition) is 1. The molecule has 0 saturated carbocycles. The zero-order valence-corrected chi connectivity index (χ0v) is 8.92. The lowest BCUT2D eigenvalue weighted by Gasteiger charge is -2.31. The highest BCUT2D eigenvalue weighted by Gasteiger charge is 2.27. The highest BCUT2D eigenvalue weighted by Crippen LogP contribution is 2.13. The van der Waals surface area contributed by atoms with Gasteiger partial charge in [0.25, 0.3) is 10.2 Å². The van der Waals surface area contributed by atoms with Gasteiger partial charge in [-0.3, -0.25) is 0 Å². The molecule has 1 fully saturated rings. The average Bonchev–Trinajstić information content (AvgIpc) is 2.04. The highest BCUT2D eigenvalue weighted by molar-refractivity contribution is 7.86. The summed E-state index contributed by atoms with van der Waals surface area (Å²) in [4.78, 5) is 0. The summed E-state index contributed by atoms with van der Waals surface area (Å²) in [6.45, 7) is 1.09. The monoisotopic (exact) mass is 207 g/mol. The van der Waals surface area contributed by atoms with E-state index < -0.39 is 10.2 Å².